The predicted octanol–water partition coefficient (Wildman–Crippen LogP) is 1.85. The Morgan fingerprint density at radius 1 is 1.35 bits per heavy atom. The Labute approximate surface area is 102 Å². The number of aromatic nitrogens is 1. The molecule has 5 nitrogen and oxygen atoms in total. The lowest BCUT2D eigenvalue weighted by Gasteiger charge is -2.32. The molecule has 0 saturated carbocycles. The second kappa shape index (κ2) is 4.42. The SMILES string of the molecule is Cc1noc(C)c1S(=O)(=O)N1CCCC[C@@H]1C. The van der Waals surface area contributed by atoms with Crippen LogP contribution in [0.15, 0.2) is 9.42 Å². The minimum absolute atomic E-state index is 0.0578. The summed E-state index contributed by atoms with van der Waals surface area (Å²) >= 11 is 0. The van der Waals surface area contributed by atoms with Crippen LogP contribution in [0.4, 0.5) is 0 Å². The number of rotatable bonds is 2. The molecule has 1 aromatic rings. The fourth-order valence-electron chi connectivity index (χ4n) is 2.39. The average molecular weight is 258 g/mol. The molecular formula is C11H18N2O3S. The fourth-order valence-corrected chi connectivity index (χ4v) is 4.38. The van der Waals surface area contributed by atoms with Crippen molar-refractivity contribution in [2.75, 3.05) is 6.54 Å². The Morgan fingerprint density at radius 2 is 2.06 bits per heavy atom. The monoisotopic (exact) mass is 258 g/mol. The van der Waals surface area contributed by atoms with E-state index in [0.717, 1.165) is 19.3 Å². The average Bonchev–Trinajstić information content (AvgIpc) is 2.59. The number of piperidine rings is 1. The van der Waals surface area contributed by atoms with E-state index in [4.69, 9.17) is 4.52 Å². The molecule has 2 heterocycles. The van der Waals surface area contributed by atoms with Gasteiger partial charge < -0.3 is 4.52 Å². The third-order valence-corrected chi connectivity index (χ3v) is 5.54. The van der Waals surface area contributed by atoms with E-state index in [9.17, 15) is 8.42 Å². The zero-order chi connectivity index (χ0) is 12.6. The summed E-state index contributed by atoms with van der Waals surface area (Å²) < 4.78 is 31.6. The molecule has 0 amide bonds. The molecule has 6 heteroatoms. The first kappa shape index (κ1) is 12.6. The predicted molar refractivity (Wildman–Crippen MR) is 63.2 cm³/mol. The van der Waals surface area contributed by atoms with Crippen LogP contribution in [0.2, 0.25) is 0 Å². The van der Waals surface area contributed by atoms with Gasteiger partial charge in [0.25, 0.3) is 0 Å². The Balaban J connectivity index is 2.42. The minimum Gasteiger partial charge on any atom is -0.360 e. The second-order valence-electron chi connectivity index (χ2n) is 4.61. The quantitative estimate of drug-likeness (QED) is 0.812. The van der Waals surface area contributed by atoms with Crippen LogP contribution in [0.1, 0.15) is 37.6 Å². The molecule has 0 bridgehead atoms. The molecule has 1 saturated heterocycles. The first-order valence-corrected chi connectivity index (χ1v) is 7.33. The van der Waals surface area contributed by atoms with E-state index in [1.807, 2.05) is 6.92 Å². The summed E-state index contributed by atoms with van der Waals surface area (Å²) in [6, 6.07) is 0.0578. The van der Waals surface area contributed by atoms with Crippen molar-refractivity contribution in [3.63, 3.8) is 0 Å². The van der Waals surface area contributed by atoms with Gasteiger partial charge in [-0.25, -0.2) is 8.42 Å². The van der Waals surface area contributed by atoms with Gasteiger partial charge in [0, 0.05) is 12.6 Å². The smallest absolute Gasteiger partial charge is 0.248 e. The van der Waals surface area contributed by atoms with Crippen molar-refractivity contribution in [3.05, 3.63) is 11.5 Å². The molecule has 0 aromatic carbocycles. The van der Waals surface area contributed by atoms with Crippen LogP contribution in [-0.4, -0.2) is 30.5 Å². The highest BCUT2D eigenvalue weighted by atomic mass is 32.2. The molecular weight excluding hydrogens is 240 g/mol. The number of aryl methyl sites for hydroxylation is 2. The lowest BCUT2D eigenvalue weighted by Crippen LogP contribution is -2.42. The van der Waals surface area contributed by atoms with E-state index in [1.54, 1.807) is 18.2 Å². The van der Waals surface area contributed by atoms with E-state index in [0.29, 0.717) is 18.0 Å². The van der Waals surface area contributed by atoms with Crippen molar-refractivity contribution in [2.45, 2.75) is 51.0 Å². The van der Waals surface area contributed by atoms with Crippen LogP contribution < -0.4 is 0 Å². The maximum absolute atomic E-state index is 12.5. The summed E-state index contributed by atoms with van der Waals surface area (Å²) in [7, 11) is -3.45. The van der Waals surface area contributed by atoms with Crippen LogP contribution in [-0.2, 0) is 10.0 Å². The van der Waals surface area contributed by atoms with Crippen molar-refractivity contribution < 1.29 is 12.9 Å². The van der Waals surface area contributed by atoms with Gasteiger partial charge in [-0.15, -0.1) is 0 Å². The van der Waals surface area contributed by atoms with Crippen LogP contribution in [0.3, 0.4) is 0 Å². The molecule has 96 valence electrons. The van der Waals surface area contributed by atoms with Crippen molar-refractivity contribution >= 4 is 10.0 Å². The summed E-state index contributed by atoms with van der Waals surface area (Å²) in [5.41, 5.74) is 0.445. The van der Waals surface area contributed by atoms with Gasteiger partial charge in [-0.3, -0.25) is 0 Å². The van der Waals surface area contributed by atoms with Gasteiger partial charge in [-0.1, -0.05) is 11.6 Å². The van der Waals surface area contributed by atoms with E-state index < -0.39 is 10.0 Å². The minimum atomic E-state index is -3.45. The molecule has 1 aliphatic rings. The van der Waals surface area contributed by atoms with E-state index in [-0.39, 0.29) is 10.9 Å². The number of hydrogen-bond acceptors (Lipinski definition) is 4. The van der Waals surface area contributed by atoms with E-state index in [1.165, 1.54) is 0 Å². The lowest BCUT2D eigenvalue weighted by molar-refractivity contribution is 0.268. The van der Waals surface area contributed by atoms with Crippen LogP contribution >= 0.6 is 0 Å². The van der Waals surface area contributed by atoms with Crippen LogP contribution in [0.5, 0.6) is 0 Å². The third-order valence-electron chi connectivity index (χ3n) is 3.28. The van der Waals surface area contributed by atoms with E-state index >= 15 is 0 Å². The second-order valence-corrected chi connectivity index (χ2v) is 6.44. The van der Waals surface area contributed by atoms with Crippen LogP contribution in [0, 0.1) is 13.8 Å². The number of sulfonamides is 1. The van der Waals surface area contributed by atoms with Crippen molar-refractivity contribution in [1.82, 2.24) is 9.46 Å². The zero-order valence-corrected chi connectivity index (χ0v) is 11.2. The summed E-state index contributed by atoms with van der Waals surface area (Å²) in [4.78, 5) is 0.242. The largest absolute Gasteiger partial charge is 0.360 e. The van der Waals surface area contributed by atoms with Crippen LogP contribution in [0.25, 0.3) is 0 Å². The van der Waals surface area contributed by atoms with Crippen molar-refractivity contribution in [2.24, 2.45) is 0 Å². The van der Waals surface area contributed by atoms with Gasteiger partial charge in [-0.05, 0) is 33.6 Å². The van der Waals surface area contributed by atoms with Crippen molar-refractivity contribution in [3.8, 4) is 0 Å². The van der Waals surface area contributed by atoms with E-state index in [2.05, 4.69) is 5.16 Å². The molecule has 17 heavy (non-hydrogen) atoms. The van der Waals surface area contributed by atoms with Gasteiger partial charge in [-0.2, -0.15) is 4.31 Å². The fraction of sp³-hybridized carbons (Fsp3) is 0.727. The molecule has 0 spiro atoms. The molecule has 1 atom stereocenters. The van der Waals surface area contributed by atoms with Crippen molar-refractivity contribution in [1.29, 1.82) is 0 Å². The van der Waals surface area contributed by atoms with Gasteiger partial charge in [0.05, 0.1) is 0 Å². The standard InChI is InChI=1S/C11H18N2O3S/c1-8-6-4-5-7-13(8)17(14,15)11-9(2)12-16-10(11)3/h8H,4-7H2,1-3H3/t8-/m0/s1. The molecule has 1 aliphatic heterocycles. The van der Waals surface area contributed by atoms with Gasteiger partial charge in [0.2, 0.25) is 10.0 Å². The Hall–Kier alpha value is -0.880. The van der Waals surface area contributed by atoms with Gasteiger partial charge >= 0.3 is 0 Å². The normalized spacial score (nSPS) is 22.9. The van der Waals surface area contributed by atoms with Gasteiger partial charge in [0.1, 0.15) is 10.6 Å². The first-order chi connectivity index (χ1) is 7.94. The summed E-state index contributed by atoms with van der Waals surface area (Å²) in [5, 5.41) is 3.72. The highest BCUT2D eigenvalue weighted by molar-refractivity contribution is 7.89. The summed E-state index contributed by atoms with van der Waals surface area (Å²) in [5.74, 6) is 0.375. The molecule has 0 radical (unpaired) electrons. The maximum Gasteiger partial charge on any atom is 0.248 e. The molecule has 0 unspecified atom stereocenters. The van der Waals surface area contributed by atoms with Gasteiger partial charge in [0.15, 0.2) is 5.76 Å². The Bertz CT molecular complexity index is 487. The number of hydrogen-bond donors (Lipinski definition) is 0. The number of nitrogens with zero attached hydrogens (tertiary/aromatic N) is 2. The molecule has 0 aliphatic carbocycles. The molecule has 0 N–H and O–H groups in total. The molecule has 1 fully saturated rings. The lowest BCUT2D eigenvalue weighted by atomic mass is 10.1. The maximum atomic E-state index is 12.5. The zero-order valence-electron chi connectivity index (χ0n) is 10.4. The highest BCUT2D eigenvalue weighted by Crippen LogP contribution is 2.28. The Kier molecular flexibility index (Phi) is 3.27. The molecule has 1 aromatic heterocycles. The summed E-state index contributed by atoms with van der Waals surface area (Å²) in [6.45, 7) is 5.85. The topological polar surface area (TPSA) is 63.4 Å². The summed E-state index contributed by atoms with van der Waals surface area (Å²) in [6.07, 6.45) is 2.93. The third kappa shape index (κ3) is 2.11. The first-order valence-electron chi connectivity index (χ1n) is 5.89. The Morgan fingerprint density at radius 3 is 2.59 bits per heavy atom. The molecule has 2 rings (SSSR count). The highest BCUT2D eigenvalue weighted by Gasteiger charge is 2.35.